The number of hydrogen-bond acceptors (Lipinski definition) is 6. The summed E-state index contributed by atoms with van der Waals surface area (Å²) in [4.78, 5) is 4.26. The van der Waals surface area contributed by atoms with Crippen LogP contribution in [-0.4, -0.2) is 21.7 Å². The fourth-order valence-corrected chi connectivity index (χ4v) is 2.78. The largest absolute Gasteiger partial charge is 0.487 e. The lowest BCUT2D eigenvalue weighted by molar-refractivity contribution is 0.116. The number of hydrogen-bond donors (Lipinski definition) is 1. The van der Waals surface area contributed by atoms with Crippen molar-refractivity contribution in [3.8, 4) is 17.2 Å². The molecule has 0 amide bonds. The fraction of sp³-hybridized carbons (Fsp3) is 0.278. The number of fused-ring (bicyclic) bond motifs is 1. The van der Waals surface area contributed by atoms with E-state index in [1.807, 2.05) is 6.07 Å². The first-order chi connectivity index (χ1) is 12.7. The van der Waals surface area contributed by atoms with E-state index in [2.05, 4.69) is 32.6 Å². The van der Waals surface area contributed by atoms with Crippen molar-refractivity contribution in [2.75, 3.05) is 6.54 Å². The second kappa shape index (κ2) is 7.17. The van der Waals surface area contributed by atoms with Gasteiger partial charge in [-0.2, -0.15) is 8.78 Å². The molecule has 0 bridgehead atoms. The van der Waals surface area contributed by atoms with Crippen molar-refractivity contribution in [3.63, 3.8) is 0 Å². The summed E-state index contributed by atoms with van der Waals surface area (Å²) in [6.45, 7) is 2.17. The van der Waals surface area contributed by atoms with Crippen molar-refractivity contribution >= 4 is 0 Å². The average Bonchev–Trinajstić information content (AvgIpc) is 3.17. The van der Waals surface area contributed by atoms with Gasteiger partial charge in [-0.15, -0.1) is 10.2 Å². The quantitative estimate of drug-likeness (QED) is 0.754. The van der Waals surface area contributed by atoms with Crippen molar-refractivity contribution in [3.05, 3.63) is 59.2 Å². The van der Waals surface area contributed by atoms with Crippen LogP contribution < -0.4 is 10.1 Å². The van der Waals surface area contributed by atoms with Gasteiger partial charge in [0.15, 0.2) is 0 Å². The second-order valence-corrected chi connectivity index (χ2v) is 5.93. The topological polar surface area (TPSA) is 73.1 Å². The smallest absolute Gasteiger partial charge is 0.314 e. The molecule has 0 radical (unpaired) electrons. The Hall–Kier alpha value is -2.87. The third-order valence-corrected chi connectivity index (χ3v) is 4.15. The lowest BCUT2D eigenvalue weighted by Gasteiger charge is -2.18. The molecule has 1 aromatic carbocycles. The molecule has 0 unspecified atom stereocenters. The highest BCUT2D eigenvalue weighted by Crippen LogP contribution is 2.24. The van der Waals surface area contributed by atoms with Crippen molar-refractivity contribution < 1.29 is 17.9 Å². The lowest BCUT2D eigenvalue weighted by Crippen LogP contribution is -2.23. The van der Waals surface area contributed by atoms with Gasteiger partial charge in [-0.1, -0.05) is 6.07 Å². The summed E-state index contributed by atoms with van der Waals surface area (Å²) in [6.07, 6.45) is -0.297. The normalized spacial score (nSPS) is 13.7. The molecule has 6 nitrogen and oxygen atoms in total. The van der Waals surface area contributed by atoms with Gasteiger partial charge in [0.1, 0.15) is 12.4 Å². The Kier molecular flexibility index (Phi) is 4.57. The Morgan fingerprint density at radius 1 is 1.15 bits per heavy atom. The van der Waals surface area contributed by atoms with E-state index in [0.717, 1.165) is 25.3 Å². The lowest BCUT2D eigenvalue weighted by atomic mass is 10.0. The fourth-order valence-electron chi connectivity index (χ4n) is 2.78. The molecule has 0 saturated carbocycles. The van der Waals surface area contributed by atoms with Gasteiger partial charge in [-0.3, -0.25) is 4.98 Å². The molecule has 134 valence electrons. The highest BCUT2D eigenvalue weighted by molar-refractivity contribution is 5.50. The number of ether oxygens (including phenoxy) is 1. The first-order valence-electron chi connectivity index (χ1n) is 8.21. The number of aromatic nitrogens is 3. The second-order valence-electron chi connectivity index (χ2n) is 5.93. The minimum Gasteiger partial charge on any atom is -0.487 e. The van der Waals surface area contributed by atoms with E-state index >= 15 is 0 Å². The SMILES string of the molecule is FC(F)c1nnc(-c2ccc(COc3ccc4c(c3)CCNC4)nc2)o1. The van der Waals surface area contributed by atoms with Gasteiger partial charge in [0, 0.05) is 12.7 Å². The molecule has 1 aliphatic heterocycles. The van der Waals surface area contributed by atoms with Crippen molar-refractivity contribution in [1.82, 2.24) is 20.5 Å². The zero-order valence-electron chi connectivity index (χ0n) is 13.8. The molecular weight excluding hydrogens is 342 g/mol. The van der Waals surface area contributed by atoms with E-state index in [0.29, 0.717) is 17.9 Å². The van der Waals surface area contributed by atoms with Crippen LogP contribution in [0, 0.1) is 0 Å². The van der Waals surface area contributed by atoms with Crippen molar-refractivity contribution in [1.29, 1.82) is 0 Å². The van der Waals surface area contributed by atoms with E-state index in [4.69, 9.17) is 9.15 Å². The third-order valence-electron chi connectivity index (χ3n) is 4.15. The monoisotopic (exact) mass is 358 g/mol. The Bertz CT molecular complexity index is 896. The van der Waals surface area contributed by atoms with Crippen LogP contribution in [0.1, 0.15) is 29.1 Å². The minimum absolute atomic E-state index is 0.0172. The Balaban J connectivity index is 1.41. The predicted molar refractivity (Wildman–Crippen MR) is 88.7 cm³/mol. The summed E-state index contributed by atoms with van der Waals surface area (Å²) < 4.78 is 35.7. The molecule has 2 aromatic heterocycles. The van der Waals surface area contributed by atoms with Crippen LogP contribution in [0.15, 0.2) is 40.9 Å². The number of rotatable bonds is 5. The molecule has 4 rings (SSSR count). The van der Waals surface area contributed by atoms with Crippen LogP contribution in [0.5, 0.6) is 5.75 Å². The zero-order chi connectivity index (χ0) is 17.9. The molecule has 8 heteroatoms. The summed E-state index contributed by atoms with van der Waals surface area (Å²) in [5, 5.41) is 10.2. The maximum absolute atomic E-state index is 12.5. The Labute approximate surface area is 148 Å². The van der Waals surface area contributed by atoms with E-state index < -0.39 is 12.3 Å². The van der Waals surface area contributed by atoms with Crippen LogP contribution in [0.4, 0.5) is 8.78 Å². The van der Waals surface area contributed by atoms with E-state index in [1.165, 1.54) is 17.3 Å². The number of benzene rings is 1. The van der Waals surface area contributed by atoms with Gasteiger partial charge in [0.05, 0.1) is 11.3 Å². The number of pyridine rings is 1. The van der Waals surface area contributed by atoms with Crippen LogP contribution in [0.3, 0.4) is 0 Å². The van der Waals surface area contributed by atoms with Gasteiger partial charge in [0.25, 0.3) is 5.89 Å². The summed E-state index contributed by atoms with van der Waals surface area (Å²) in [5.74, 6) is 0.119. The van der Waals surface area contributed by atoms with E-state index in [-0.39, 0.29) is 5.89 Å². The predicted octanol–water partition coefficient (Wildman–Crippen LogP) is 3.29. The van der Waals surface area contributed by atoms with Gasteiger partial charge in [-0.25, -0.2) is 0 Å². The Morgan fingerprint density at radius 2 is 2.08 bits per heavy atom. The van der Waals surface area contributed by atoms with E-state index in [1.54, 1.807) is 12.1 Å². The maximum atomic E-state index is 12.5. The maximum Gasteiger partial charge on any atom is 0.314 e. The first kappa shape index (κ1) is 16.6. The molecule has 3 aromatic rings. The number of nitrogens with zero attached hydrogens (tertiary/aromatic N) is 3. The summed E-state index contributed by atoms with van der Waals surface area (Å²) >= 11 is 0. The number of halogens is 2. The standard InChI is InChI=1S/C18H16F2N4O2/c19-16(20)18-24-23-17(26-18)13-1-3-14(22-9-13)10-25-15-4-2-12-8-21-6-5-11(12)7-15/h1-4,7,9,16,21H,5-6,8,10H2. The van der Waals surface area contributed by atoms with Gasteiger partial charge in [0.2, 0.25) is 5.89 Å². The molecule has 0 saturated heterocycles. The number of alkyl halides is 2. The summed E-state index contributed by atoms with van der Waals surface area (Å²) in [7, 11) is 0. The molecule has 0 atom stereocenters. The molecule has 0 spiro atoms. The first-order valence-corrected chi connectivity index (χ1v) is 8.21. The van der Waals surface area contributed by atoms with Crippen LogP contribution in [-0.2, 0) is 19.6 Å². The molecule has 3 heterocycles. The van der Waals surface area contributed by atoms with Crippen LogP contribution in [0.25, 0.3) is 11.5 Å². The molecule has 26 heavy (non-hydrogen) atoms. The summed E-state index contributed by atoms with van der Waals surface area (Å²) in [5.41, 5.74) is 3.79. The molecule has 0 aliphatic carbocycles. The van der Waals surface area contributed by atoms with E-state index in [9.17, 15) is 8.78 Å². The third kappa shape index (κ3) is 3.55. The molecule has 1 aliphatic rings. The van der Waals surface area contributed by atoms with Gasteiger partial charge in [-0.05, 0) is 48.4 Å². The molecule has 0 fully saturated rings. The van der Waals surface area contributed by atoms with Gasteiger partial charge < -0.3 is 14.5 Å². The highest BCUT2D eigenvalue weighted by atomic mass is 19.3. The zero-order valence-corrected chi connectivity index (χ0v) is 13.8. The van der Waals surface area contributed by atoms with Gasteiger partial charge >= 0.3 is 6.43 Å². The molecular formula is C18H16F2N4O2. The Morgan fingerprint density at radius 3 is 2.85 bits per heavy atom. The minimum atomic E-state index is -2.79. The summed E-state index contributed by atoms with van der Waals surface area (Å²) in [6, 6.07) is 9.51. The number of nitrogens with one attached hydrogen (secondary N) is 1. The van der Waals surface area contributed by atoms with Crippen LogP contribution >= 0.6 is 0 Å². The van der Waals surface area contributed by atoms with Crippen molar-refractivity contribution in [2.45, 2.75) is 26.0 Å². The van der Waals surface area contributed by atoms with Crippen LogP contribution in [0.2, 0.25) is 0 Å². The molecule has 1 N–H and O–H groups in total. The average molecular weight is 358 g/mol. The van der Waals surface area contributed by atoms with Crippen molar-refractivity contribution in [2.24, 2.45) is 0 Å². The highest BCUT2D eigenvalue weighted by Gasteiger charge is 2.17.